The molecule has 0 radical (unpaired) electrons. The van der Waals surface area contributed by atoms with Gasteiger partial charge >= 0.3 is 12.0 Å². The van der Waals surface area contributed by atoms with Crippen molar-refractivity contribution in [2.24, 2.45) is 0 Å². The molecule has 3 aromatic rings. The van der Waals surface area contributed by atoms with Gasteiger partial charge in [-0.1, -0.05) is 42.1 Å². The number of nitrogens with zero attached hydrogens (tertiary/aromatic N) is 3. The minimum absolute atomic E-state index is 0.235. The lowest BCUT2D eigenvalue weighted by molar-refractivity contribution is -0.139. The lowest BCUT2D eigenvalue weighted by Crippen LogP contribution is -2.49. The lowest BCUT2D eigenvalue weighted by Gasteiger charge is -2.36. The fourth-order valence-electron chi connectivity index (χ4n) is 3.64. The number of carbonyl (C=O) groups excluding carboxylic acids is 2. The van der Waals surface area contributed by atoms with E-state index in [0.717, 1.165) is 5.56 Å². The smallest absolute Gasteiger partial charge is 0.338 e. The first-order valence-electron chi connectivity index (χ1n) is 10.6. The molecule has 8 nitrogen and oxygen atoms in total. The van der Waals surface area contributed by atoms with Crippen LogP contribution in [-0.4, -0.2) is 45.8 Å². The number of hydrogen-bond acceptors (Lipinski definition) is 7. The van der Waals surface area contributed by atoms with Crippen LogP contribution in [0, 0.1) is 0 Å². The van der Waals surface area contributed by atoms with Gasteiger partial charge in [0, 0.05) is 24.2 Å². The number of amides is 2. The van der Waals surface area contributed by atoms with Crippen LogP contribution in [0.25, 0.3) is 11.5 Å². The third kappa shape index (κ3) is 4.93. The predicted octanol–water partition coefficient (Wildman–Crippen LogP) is 4.43. The minimum Gasteiger partial charge on any atom is -0.463 e. The van der Waals surface area contributed by atoms with E-state index < -0.39 is 12.0 Å². The van der Waals surface area contributed by atoms with Crippen LogP contribution in [0.1, 0.15) is 25.5 Å². The molecule has 2 amide bonds. The highest BCUT2D eigenvalue weighted by atomic mass is 32.2. The summed E-state index contributed by atoms with van der Waals surface area (Å²) in [7, 11) is 0. The van der Waals surface area contributed by atoms with Crippen LogP contribution in [0.15, 0.2) is 81.8 Å². The van der Waals surface area contributed by atoms with Crippen LogP contribution < -0.4 is 5.32 Å². The van der Waals surface area contributed by atoms with Gasteiger partial charge in [-0.25, -0.2) is 19.6 Å². The normalized spacial score (nSPS) is 16.0. The third-order valence-electron chi connectivity index (χ3n) is 5.13. The highest BCUT2D eigenvalue weighted by Crippen LogP contribution is 2.34. The molecular weight excluding hydrogens is 440 g/mol. The average Bonchev–Trinajstić information content (AvgIpc) is 3.38. The summed E-state index contributed by atoms with van der Waals surface area (Å²) in [5, 5.41) is 3.47. The fraction of sp³-hybridized carbons (Fsp3) is 0.250. The number of rotatable bonds is 8. The Bertz CT molecular complexity index is 1150. The summed E-state index contributed by atoms with van der Waals surface area (Å²) >= 11 is 1.34. The van der Waals surface area contributed by atoms with Crippen LogP contribution in [0.2, 0.25) is 0 Å². The summed E-state index contributed by atoms with van der Waals surface area (Å²) in [5.41, 5.74) is 2.47. The van der Waals surface area contributed by atoms with Crippen molar-refractivity contribution in [3.05, 3.63) is 77.8 Å². The maximum atomic E-state index is 13.1. The number of hydrogen-bond donors (Lipinski definition) is 1. The quantitative estimate of drug-likeness (QED) is 0.299. The summed E-state index contributed by atoms with van der Waals surface area (Å²) in [4.78, 5) is 36.5. The van der Waals surface area contributed by atoms with Crippen molar-refractivity contribution >= 4 is 23.8 Å². The zero-order chi connectivity index (χ0) is 23.2. The summed E-state index contributed by atoms with van der Waals surface area (Å²) in [5.74, 6) is 0.507. The number of urea groups is 1. The van der Waals surface area contributed by atoms with Crippen molar-refractivity contribution < 1.29 is 18.7 Å². The number of aromatic nitrogens is 2. The topological polar surface area (TPSA) is 97.6 Å². The second-order valence-electron chi connectivity index (χ2n) is 7.11. The molecule has 1 atom stereocenters. The molecule has 0 bridgehead atoms. The molecule has 9 heteroatoms. The Balaban J connectivity index is 1.71. The summed E-state index contributed by atoms with van der Waals surface area (Å²) in [6, 6.07) is 13.9. The first-order valence-corrected chi connectivity index (χ1v) is 11.6. The maximum Gasteiger partial charge on any atom is 0.338 e. The number of furan rings is 1. The SMILES string of the molecule is CCOC(=O)C1=C(CSc2nccc(-c3ccco3)n2)N(CC)C(=O)N[C@@H]1c1ccccc1. The Morgan fingerprint density at radius 3 is 2.70 bits per heavy atom. The number of ether oxygens (including phenoxy) is 1. The van der Waals surface area contributed by atoms with E-state index in [1.807, 2.05) is 43.3 Å². The largest absolute Gasteiger partial charge is 0.463 e. The van der Waals surface area contributed by atoms with E-state index in [-0.39, 0.29) is 12.6 Å². The number of thioether (sulfide) groups is 1. The molecule has 1 aromatic carbocycles. The molecule has 0 saturated heterocycles. The minimum atomic E-state index is -0.605. The maximum absolute atomic E-state index is 13.1. The molecule has 33 heavy (non-hydrogen) atoms. The number of benzene rings is 1. The highest BCUT2D eigenvalue weighted by molar-refractivity contribution is 7.99. The summed E-state index contributed by atoms with van der Waals surface area (Å²) in [6.45, 7) is 4.26. The van der Waals surface area contributed by atoms with Crippen LogP contribution >= 0.6 is 11.8 Å². The van der Waals surface area contributed by atoms with Crippen LogP contribution in [0.4, 0.5) is 4.79 Å². The van der Waals surface area contributed by atoms with Gasteiger partial charge in [0.15, 0.2) is 10.9 Å². The number of nitrogens with one attached hydrogen (secondary N) is 1. The van der Waals surface area contributed by atoms with Crippen molar-refractivity contribution in [2.45, 2.75) is 25.0 Å². The summed E-state index contributed by atoms with van der Waals surface area (Å²) < 4.78 is 10.8. The van der Waals surface area contributed by atoms with E-state index in [2.05, 4.69) is 15.3 Å². The Hall–Kier alpha value is -3.59. The standard InChI is InChI=1S/C24H24N4O4S/c1-3-28-18(15-33-23-25-13-12-17(26-23)19-11-8-14-32-19)20(22(29)31-4-2)21(27-24(28)30)16-9-6-5-7-10-16/h5-14,21H,3-4,15H2,1-2H3,(H,27,30)/t21-/m1/s1. The van der Waals surface area contributed by atoms with Gasteiger partial charge in [0.1, 0.15) is 5.69 Å². The van der Waals surface area contributed by atoms with Gasteiger partial charge in [-0.3, -0.25) is 4.90 Å². The van der Waals surface area contributed by atoms with E-state index in [9.17, 15) is 9.59 Å². The molecule has 0 spiro atoms. The molecule has 0 aliphatic carbocycles. The van der Waals surface area contributed by atoms with Gasteiger partial charge in [0.2, 0.25) is 0 Å². The first kappa shape index (κ1) is 22.6. The van der Waals surface area contributed by atoms with Crippen LogP contribution in [0.3, 0.4) is 0 Å². The van der Waals surface area contributed by atoms with E-state index >= 15 is 0 Å². The average molecular weight is 465 g/mol. The molecule has 0 saturated carbocycles. The monoisotopic (exact) mass is 464 g/mol. The van der Waals surface area contributed by atoms with E-state index in [0.29, 0.717) is 40.2 Å². The molecule has 170 valence electrons. The Morgan fingerprint density at radius 1 is 1.18 bits per heavy atom. The second kappa shape index (κ2) is 10.4. The molecule has 0 unspecified atom stereocenters. The first-order chi connectivity index (χ1) is 16.1. The highest BCUT2D eigenvalue weighted by Gasteiger charge is 2.37. The lowest BCUT2D eigenvalue weighted by atomic mass is 9.95. The molecule has 1 aliphatic heterocycles. The van der Waals surface area contributed by atoms with Crippen molar-refractivity contribution in [2.75, 3.05) is 18.9 Å². The van der Waals surface area contributed by atoms with E-state index in [4.69, 9.17) is 9.15 Å². The van der Waals surface area contributed by atoms with Crippen molar-refractivity contribution in [3.8, 4) is 11.5 Å². The zero-order valence-electron chi connectivity index (χ0n) is 18.4. The Morgan fingerprint density at radius 2 is 2.00 bits per heavy atom. The molecule has 1 N–H and O–H groups in total. The summed E-state index contributed by atoms with van der Waals surface area (Å²) in [6.07, 6.45) is 3.25. The van der Waals surface area contributed by atoms with Gasteiger partial charge in [0.05, 0.1) is 24.5 Å². The van der Waals surface area contributed by atoms with E-state index in [1.54, 1.807) is 36.4 Å². The molecule has 2 aromatic heterocycles. The predicted molar refractivity (Wildman–Crippen MR) is 124 cm³/mol. The van der Waals surface area contributed by atoms with Crippen molar-refractivity contribution in [3.63, 3.8) is 0 Å². The van der Waals surface area contributed by atoms with Gasteiger partial charge in [-0.15, -0.1) is 0 Å². The number of carbonyl (C=O) groups is 2. The fourth-order valence-corrected chi connectivity index (χ4v) is 4.52. The number of esters is 1. The van der Waals surface area contributed by atoms with Crippen molar-refractivity contribution in [1.29, 1.82) is 0 Å². The molecule has 4 rings (SSSR count). The van der Waals surface area contributed by atoms with Crippen LogP contribution in [0.5, 0.6) is 0 Å². The van der Waals surface area contributed by atoms with Gasteiger partial charge < -0.3 is 14.5 Å². The zero-order valence-corrected chi connectivity index (χ0v) is 19.2. The Labute approximate surface area is 196 Å². The van der Waals surface area contributed by atoms with Gasteiger partial charge in [0.25, 0.3) is 0 Å². The second-order valence-corrected chi connectivity index (χ2v) is 8.05. The third-order valence-corrected chi connectivity index (χ3v) is 6.00. The van der Waals surface area contributed by atoms with Crippen LogP contribution in [-0.2, 0) is 9.53 Å². The van der Waals surface area contributed by atoms with Gasteiger partial charge in [-0.05, 0) is 37.6 Å². The van der Waals surface area contributed by atoms with Gasteiger partial charge in [-0.2, -0.15) is 0 Å². The molecule has 3 heterocycles. The molecule has 0 fully saturated rings. The molecule has 1 aliphatic rings. The molecular formula is C24H24N4O4S. The van der Waals surface area contributed by atoms with Crippen molar-refractivity contribution in [1.82, 2.24) is 20.2 Å². The van der Waals surface area contributed by atoms with E-state index in [1.165, 1.54) is 11.8 Å². The Kier molecular flexibility index (Phi) is 7.09.